The lowest BCUT2D eigenvalue weighted by Gasteiger charge is -2.05. The molecular weight excluding hydrogens is 290 g/mol. The Hall–Kier alpha value is -3.27. The second-order valence-corrected chi connectivity index (χ2v) is 5.31. The van der Waals surface area contributed by atoms with Crippen LogP contribution in [0.3, 0.4) is 0 Å². The Labute approximate surface area is 131 Å². The maximum absolute atomic E-state index is 12.2. The summed E-state index contributed by atoms with van der Waals surface area (Å²) in [6.07, 6.45) is 0. The number of carbonyl (C=O) groups is 1. The van der Waals surface area contributed by atoms with E-state index < -0.39 is 5.97 Å². The van der Waals surface area contributed by atoms with Crippen LogP contribution in [0.1, 0.15) is 10.4 Å². The number of phenols is 1. The molecule has 0 aliphatic rings. The minimum atomic E-state index is -0.454. The predicted molar refractivity (Wildman–Crippen MR) is 88.9 cm³/mol. The van der Waals surface area contributed by atoms with E-state index in [0.717, 1.165) is 21.8 Å². The molecule has 0 bridgehead atoms. The number of aromatic amines is 1. The van der Waals surface area contributed by atoms with Crippen molar-refractivity contribution in [3.8, 4) is 11.5 Å². The third-order valence-corrected chi connectivity index (χ3v) is 3.79. The molecule has 0 atom stereocenters. The number of rotatable bonds is 2. The first kappa shape index (κ1) is 13.4. The van der Waals surface area contributed by atoms with Gasteiger partial charge in [0.25, 0.3) is 0 Å². The fourth-order valence-corrected chi connectivity index (χ4v) is 2.65. The van der Waals surface area contributed by atoms with Gasteiger partial charge in [-0.25, -0.2) is 4.79 Å². The third-order valence-electron chi connectivity index (χ3n) is 3.79. The van der Waals surface area contributed by atoms with Crippen molar-refractivity contribution in [3.05, 3.63) is 72.3 Å². The smallest absolute Gasteiger partial charge is 0.343 e. The second kappa shape index (κ2) is 5.18. The van der Waals surface area contributed by atoms with Crippen molar-refractivity contribution >= 4 is 27.8 Å². The standard InChI is InChI=1S/C19H13NO3/c21-13-7-5-12(6-8-13)19(22)23-14-9-10-18-16(11-14)15-3-1-2-4-17(15)20-18/h1-11,20-21H. The number of esters is 1. The zero-order chi connectivity index (χ0) is 15.8. The molecule has 4 rings (SSSR count). The summed E-state index contributed by atoms with van der Waals surface area (Å²) in [6, 6.07) is 19.5. The van der Waals surface area contributed by atoms with Crippen molar-refractivity contribution in [2.75, 3.05) is 0 Å². The molecule has 1 aromatic heterocycles. The minimum Gasteiger partial charge on any atom is -0.508 e. The fraction of sp³-hybridized carbons (Fsp3) is 0. The number of para-hydroxylation sites is 1. The third kappa shape index (κ3) is 2.40. The number of fused-ring (bicyclic) bond motifs is 3. The summed E-state index contributed by atoms with van der Waals surface area (Å²) in [5, 5.41) is 11.4. The maximum atomic E-state index is 12.2. The van der Waals surface area contributed by atoms with Gasteiger partial charge in [-0.2, -0.15) is 0 Å². The molecule has 3 aromatic carbocycles. The molecule has 112 valence electrons. The molecule has 0 aliphatic heterocycles. The van der Waals surface area contributed by atoms with Crippen molar-refractivity contribution in [1.82, 2.24) is 4.98 Å². The number of aromatic nitrogens is 1. The van der Waals surface area contributed by atoms with Gasteiger partial charge in [0.05, 0.1) is 5.56 Å². The van der Waals surface area contributed by atoms with Crippen LogP contribution in [0, 0.1) is 0 Å². The van der Waals surface area contributed by atoms with E-state index in [0.29, 0.717) is 11.3 Å². The molecule has 0 spiro atoms. The number of hydrogen-bond acceptors (Lipinski definition) is 3. The Morgan fingerprint density at radius 3 is 2.43 bits per heavy atom. The van der Waals surface area contributed by atoms with Gasteiger partial charge in [-0.1, -0.05) is 18.2 Å². The van der Waals surface area contributed by atoms with Crippen LogP contribution in [0.5, 0.6) is 11.5 Å². The highest BCUT2D eigenvalue weighted by Gasteiger charge is 2.10. The van der Waals surface area contributed by atoms with Gasteiger partial charge in [0, 0.05) is 21.8 Å². The van der Waals surface area contributed by atoms with Gasteiger partial charge in [0.2, 0.25) is 0 Å². The molecule has 1 heterocycles. The van der Waals surface area contributed by atoms with Gasteiger partial charge in [-0.3, -0.25) is 0 Å². The molecule has 4 heteroatoms. The summed E-state index contributed by atoms with van der Waals surface area (Å²) >= 11 is 0. The number of phenolic OH excluding ortho intramolecular Hbond substituents is 1. The van der Waals surface area contributed by atoms with Crippen molar-refractivity contribution in [2.45, 2.75) is 0 Å². The molecule has 0 fully saturated rings. The summed E-state index contributed by atoms with van der Waals surface area (Å²) in [5.74, 6) is 0.145. The van der Waals surface area contributed by atoms with Crippen molar-refractivity contribution in [2.24, 2.45) is 0 Å². The van der Waals surface area contributed by atoms with Crippen molar-refractivity contribution < 1.29 is 14.6 Å². The second-order valence-electron chi connectivity index (χ2n) is 5.31. The SMILES string of the molecule is O=C(Oc1ccc2[nH]c3ccccc3c2c1)c1ccc(O)cc1. The topological polar surface area (TPSA) is 62.3 Å². The van der Waals surface area contributed by atoms with Gasteiger partial charge in [0.15, 0.2) is 0 Å². The molecule has 4 aromatic rings. The van der Waals surface area contributed by atoms with Crippen molar-refractivity contribution in [1.29, 1.82) is 0 Å². The molecule has 0 saturated carbocycles. The van der Waals surface area contributed by atoms with Gasteiger partial charge >= 0.3 is 5.97 Å². The normalized spacial score (nSPS) is 11.0. The Morgan fingerprint density at radius 2 is 1.61 bits per heavy atom. The van der Waals surface area contributed by atoms with Crippen LogP contribution in [0.4, 0.5) is 0 Å². The minimum absolute atomic E-state index is 0.113. The van der Waals surface area contributed by atoms with Gasteiger partial charge in [-0.15, -0.1) is 0 Å². The molecule has 4 nitrogen and oxygen atoms in total. The Morgan fingerprint density at radius 1 is 0.870 bits per heavy atom. The monoisotopic (exact) mass is 303 g/mol. The molecule has 0 amide bonds. The lowest BCUT2D eigenvalue weighted by Crippen LogP contribution is -2.07. The summed E-state index contributed by atoms with van der Waals surface area (Å²) < 4.78 is 5.43. The van der Waals surface area contributed by atoms with E-state index in [4.69, 9.17) is 4.74 Å². The number of ether oxygens (including phenoxy) is 1. The van der Waals surface area contributed by atoms with E-state index in [1.165, 1.54) is 24.3 Å². The average Bonchev–Trinajstić information content (AvgIpc) is 2.93. The molecule has 23 heavy (non-hydrogen) atoms. The number of nitrogens with one attached hydrogen (secondary N) is 1. The van der Waals surface area contributed by atoms with Crippen molar-refractivity contribution in [3.63, 3.8) is 0 Å². The van der Waals surface area contributed by atoms with Crippen LogP contribution in [0.15, 0.2) is 66.7 Å². The van der Waals surface area contributed by atoms with E-state index in [-0.39, 0.29) is 5.75 Å². The first-order valence-electron chi connectivity index (χ1n) is 7.22. The number of H-pyrrole nitrogens is 1. The van der Waals surface area contributed by atoms with E-state index in [1.807, 2.05) is 36.4 Å². The number of carbonyl (C=O) groups excluding carboxylic acids is 1. The van der Waals surface area contributed by atoms with Crippen LogP contribution >= 0.6 is 0 Å². The zero-order valence-electron chi connectivity index (χ0n) is 12.1. The molecule has 0 radical (unpaired) electrons. The number of aromatic hydroxyl groups is 1. The van der Waals surface area contributed by atoms with E-state index in [9.17, 15) is 9.90 Å². The Kier molecular flexibility index (Phi) is 3.01. The molecular formula is C19H13NO3. The highest BCUT2D eigenvalue weighted by molar-refractivity contribution is 6.07. The number of hydrogen-bond donors (Lipinski definition) is 2. The summed E-state index contributed by atoms with van der Waals surface area (Å²) in [6.45, 7) is 0. The largest absolute Gasteiger partial charge is 0.508 e. The first-order chi connectivity index (χ1) is 11.2. The lowest BCUT2D eigenvalue weighted by atomic mass is 10.1. The summed E-state index contributed by atoms with van der Waals surface area (Å²) in [5.41, 5.74) is 2.43. The predicted octanol–water partition coefficient (Wildman–Crippen LogP) is 4.25. The number of benzene rings is 3. The van der Waals surface area contributed by atoms with Crippen LogP contribution < -0.4 is 4.74 Å². The molecule has 0 unspecified atom stereocenters. The van der Waals surface area contributed by atoms with E-state index >= 15 is 0 Å². The Bertz CT molecular complexity index is 1020. The maximum Gasteiger partial charge on any atom is 0.343 e. The highest BCUT2D eigenvalue weighted by Crippen LogP contribution is 2.28. The van der Waals surface area contributed by atoms with Crippen LogP contribution in [-0.4, -0.2) is 16.1 Å². The van der Waals surface area contributed by atoms with Gasteiger partial charge in [0.1, 0.15) is 11.5 Å². The molecule has 0 aliphatic carbocycles. The zero-order valence-corrected chi connectivity index (χ0v) is 12.1. The molecule has 0 saturated heterocycles. The lowest BCUT2D eigenvalue weighted by molar-refractivity contribution is 0.0735. The van der Waals surface area contributed by atoms with Crippen LogP contribution in [0.25, 0.3) is 21.8 Å². The summed E-state index contributed by atoms with van der Waals surface area (Å²) in [7, 11) is 0. The van der Waals surface area contributed by atoms with E-state index in [2.05, 4.69) is 4.98 Å². The van der Waals surface area contributed by atoms with Gasteiger partial charge in [-0.05, 0) is 48.5 Å². The average molecular weight is 303 g/mol. The fourth-order valence-electron chi connectivity index (χ4n) is 2.65. The van der Waals surface area contributed by atoms with Gasteiger partial charge < -0.3 is 14.8 Å². The Balaban J connectivity index is 1.70. The quantitative estimate of drug-likeness (QED) is 0.430. The first-order valence-corrected chi connectivity index (χ1v) is 7.22. The van der Waals surface area contributed by atoms with E-state index in [1.54, 1.807) is 6.07 Å². The summed E-state index contributed by atoms with van der Waals surface area (Å²) in [4.78, 5) is 15.5. The highest BCUT2D eigenvalue weighted by atomic mass is 16.5. The van der Waals surface area contributed by atoms with Crippen LogP contribution in [0.2, 0.25) is 0 Å². The molecule has 2 N–H and O–H groups in total. The van der Waals surface area contributed by atoms with Crippen LogP contribution in [-0.2, 0) is 0 Å².